The van der Waals surface area contributed by atoms with Crippen molar-refractivity contribution in [3.63, 3.8) is 0 Å². The van der Waals surface area contributed by atoms with Gasteiger partial charge in [-0.05, 0) is 31.5 Å². The first-order valence-electron chi connectivity index (χ1n) is 7.16. The normalized spacial score (nSPS) is 10.8. The zero-order valence-corrected chi connectivity index (χ0v) is 12.6. The van der Waals surface area contributed by atoms with Crippen LogP contribution in [0, 0.1) is 6.92 Å². The van der Waals surface area contributed by atoms with Crippen molar-refractivity contribution in [1.82, 2.24) is 4.57 Å². The molecule has 1 aromatic heterocycles. The van der Waals surface area contributed by atoms with Gasteiger partial charge in [-0.25, -0.2) is 9.59 Å². The lowest BCUT2D eigenvalue weighted by Crippen LogP contribution is -2.09. The summed E-state index contributed by atoms with van der Waals surface area (Å²) in [6.45, 7) is 4.17. The maximum Gasteiger partial charge on any atom is 0.341 e. The van der Waals surface area contributed by atoms with Crippen LogP contribution in [-0.2, 0) is 11.3 Å². The lowest BCUT2D eigenvalue weighted by atomic mass is 10.1. The molecule has 0 unspecified atom stereocenters. The predicted octanol–water partition coefficient (Wildman–Crippen LogP) is 2.91. The number of aryl methyl sites for hydroxylation is 1. The average Bonchev–Trinajstić information content (AvgIpc) is 2.74. The third-order valence-electron chi connectivity index (χ3n) is 3.61. The van der Waals surface area contributed by atoms with Crippen LogP contribution in [-0.4, -0.2) is 33.3 Å². The molecule has 0 aliphatic heterocycles. The van der Waals surface area contributed by atoms with Crippen molar-refractivity contribution in [2.75, 3.05) is 6.61 Å². The number of aromatic carboxylic acids is 1. The highest BCUT2D eigenvalue weighted by Crippen LogP contribution is 2.30. The number of aromatic nitrogens is 1. The van der Waals surface area contributed by atoms with Crippen molar-refractivity contribution in [1.29, 1.82) is 0 Å². The predicted molar refractivity (Wildman–Crippen MR) is 81.7 cm³/mol. The molecule has 0 aliphatic carbocycles. The first-order valence-corrected chi connectivity index (χ1v) is 7.16. The number of hydrogen-bond donors (Lipinski definition) is 2. The van der Waals surface area contributed by atoms with E-state index in [9.17, 15) is 14.7 Å². The van der Waals surface area contributed by atoms with E-state index in [1.165, 1.54) is 0 Å². The zero-order chi connectivity index (χ0) is 16.3. The third-order valence-corrected chi connectivity index (χ3v) is 3.61. The third kappa shape index (κ3) is 3.05. The van der Waals surface area contributed by atoms with Gasteiger partial charge >= 0.3 is 11.9 Å². The standard InChI is InChI=1S/C16H19NO5/c1-3-4-7-17-10(2)15(16(20)21)12-8-11(5-6-13(12)17)22-9-14(18)19/h5-6,8H,3-4,7,9H2,1-2H3,(H,18,19)(H,20,21). The van der Waals surface area contributed by atoms with Gasteiger partial charge in [0.05, 0.1) is 5.56 Å². The summed E-state index contributed by atoms with van der Waals surface area (Å²) in [7, 11) is 0. The number of hydrogen-bond acceptors (Lipinski definition) is 3. The second-order valence-corrected chi connectivity index (χ2v) is 5.13. The Morgan fingerprint density at radius 3 is 2.59 bits per heavy atom. The lowest BCUT2D eigenvalue weighted by Gasteiger charge is -2.08. The fourth-order valence-electron chi connectivity index (χ4n) is 2.57. The van der Waals surface area contributed by atoms with E-state index in [4.69, 9.17) is 9.84 Å². The molecule has 2 aromatic rings. The Kier molecular flexibility index (Phi) is 4.70. The number of unbranched alkanes of at least 4 members (excludes halogenated alkanes) is 1. The molecule has 0 bridgehead atoms. The van der Waals surface area contributed by atoms with E-state index < -0.39 is 18.5 Å². The number of benzene rings is 1. The first kappa shape index (κ1) is 15.9. The molecule has 0 amide bonds. The highest BCUT2D eigenvalue weighted by atomic mass is 16.5. The molecule has 6 nitrogen and oxygen atoms in total. The molecule has 0 radical (unpaired) electrons. The SMILES string of the molecule is CCCCn1c(C)c(C(=O)O)c2cc(OCC(=O)O)ccc21. The number of carboxylic acids is 2. The van der Waals surface area contributed by atoms with Crippen LogP contribution in [0.5, 0.6) is 5.75 Å². The topological polar surface area (TPSA) is 88.8 Å². The fourth-order valence-corrected chi connectivity index (χ4v) is 2.57. The van der Waals surface area contributed by atoms with Gasteiger partial charge in [0.25, 0.3) is 0 Å². The minimum atomic E-state index is -1.07. The van der Waals surface area contributed by atoms with E-state index in [0.29, 0.717) is 16.8 Å². The average molecular weight is 305 g/mol. The molecule has 22 heavy (non-hydrogen) atoms. The summed E-state index contributed by atoms with van der Waals surface area (Å²) in [4.78, 5) is 22.1. The summed E-state index contributed by atoms with van der Waals surface area (Å²) in [6, 6.07) is 5.04. The highest BCUT2D eigenvalue weighted by Gasteiger charge is 2.19. The van der Waals surface area contributed by atoms with Crippen molar-refractivity contribution in [3.8, 4) is 5.75 Å². The van der Waals surface area contributed by atoms with Crippen LogP contribution in [0.1, 0.15) is 35.8 Å². The number of carbonyl (C=O) groups is 2. The smallest absolute Gasteiger partial charge is 0.341 e. The molecule has 2 N–H and O–H groups in total. The Balaban J connectivity index is 2.52. The minimum Gasteiger partial charge on any atom is -0.482 e. The van der Waals surface area contributed by atoms with Crippen LogP contribution in [0.15, 0.2) is 18.2 Å². The van der Waals surface area contributed by atoms with E-state index in [-0.39, 0.29) is 5.56 Å². The van der Waals surface area contributed by atoms with Crippen LogP contribution in [0.4, 0.5) is 0 Å². The lowest BCUT2D eigenvalue weighted by molar-refractivity contribution is -0.139. The number of rotatable bonds is 7. The maximum absolute atomic E-state index is 11.6. The van der Waals surface area contributed by atoms with Gasteiger partial charge < -0.3 is 19.5 Å². The summed E-state index contributed by atoms with van der Waals surface area (Å²) < 4.78 is 7.13. The first-order chi connectivity index (χ1) is 10.5. The molecule has 6 heteroatoms. The quantitative estimate of drug-likeness (QED) is 0.821. The van der Waals surface area contributed by atoms with Gasteiger partial charge in [0.1, 0.15) is 5.75 Å². The highest BCUT2D eigenvalue weighted by molar-refractivity contribution is 6.05. The number of fused-ring (bicyclic) bond motifs is 1. The Morgan fingerprint density at radius 2 is 2.00 bits per heavy atom. The fraction of sp³-hybridized carbons (Fsp3) is 0.375. The van der Waals surface area contributed by atoms with Gasteiger partial charge in [-0.1, -0.05) is 13.3 Å². The molecule has 1 aromatic carbocycles. The number of ether oxygens (including phenoxy) is 1. The van der Waals surface area contributed by atoms with Crippen molar-refractivity contribution in [2.45, 2.75) is 33.2 Å². The van der Waals surface area contributed by atoms with Gasteiger partial charge in [0.2, 0.25) is 0 Å². The number of aliphatic carboxylic acids is 1. The van der Waals surface area contributed by atoms with Crippen molar-refractivity contribution in [2.24, 2.45) is 0 Å². The molecule has 0 spiro atoms. The summed E-state index contributed by atoms with van der Waals surface area (Å²) in [5, 5.41) is 18.7. The number of carboxylic acid groups (broad SMARTS) is 2. The summed E-state index contributed by atoms with van der Waals surface area (Å²) in [5.74, 6) is -1.71. The Morgan fingerprint density at radius 1 is 1.27 bits per heavy atom. The van der Waals surface area contributed by atoms with Crippen LogP contribution >= 0.6 is 0 Å². The van der Waals surface area contributed by atoms with Crippen molar-refractivity contribution < 1.29 is 24.5 Å². The monoisotopic (exact) mass is 305 g/mol. The molecule has 0 saturated carbocycles. The summed E-state index contributed by atoms with van der Waals surface area (Å²) in [6.07, 6.45) is 1.97. The minimum absolute atomic E-state index is 0.242. The van der Waals surface area contributed by atoms with Crippen LogP contribution < -0.4 is 4.74 Å². The van der Waals surface area contributed by atoms with E-state index in [2.05, 4.69) is 6.92 Å². The molecule has 1 heterocycles. The van der Waals surface area contributed by atoms with Gasteiger partial charge in [-0.3, -0.25) is 0 Å². The van der Waals surface area contributed by atoms with Crippen molar-refractivity contribution >= 4 is 22.8 Å². The van der Waals surface area contributed by atoms with Crippen LogP contribution in [0.2, 0.25) is 0 Å². The second kappa shape index (κ2) is 6.51. The van der Waals surface area contributed by atoms with Gasteiger partial charge in [0, 0.05) is 23.1 Å². The van der Waals surface area contributed by atoms with E-state index in [1.54, 1.807) is 25.1 Å². The second-order valence-electron chi connectivity index (χ2n) is 5.13. The largest absolute Gasteiger partial charge is 0.482 e. The molecule has 0 saturated heterocycles. The van der Waals surface area contributed by atoms with Gasteiger partial charge in [-0.15, -0.1) is 0 Å². The van der Waals surface area contributed by atoms with Crippen LogP contribution in [0.25, 0.3) is 10.9 Å². The number of nitrogens with zero attached hydrogens (tertiary/aromatic N) is 1. The van der Waals surface area contributed by atoms with Crippen molar-refractivity contribution in [3.05, 3.63) is 29.5 Å². The van der Waals surface area contributed by atoms with E-state index in [1.807, 2.05) is 4.57 Å². The zero-order valence-electron chi connectivity index (χ0n) is 12.6. The molecular formula is C16H19NO5. The molecular weight excluding hydrogens is 286 g/mol. The van der Waals surface area contributed by atoms with E-state index >= 15 is 0 Å². The van der Waals surface area contributed by atoms with Gasteiger partial charge in [-0.2, -0.15) is 0 Å². The summed E-state index contributed by atoms with van der Waals surface area (Å²) in [5.41, 5.74) is 1.77. The Hall–Kier alpha value is -2.50. The molecule has 118 valence electrons. The molecule has 2 rings (SSSR count). The summed E-state index contributed by atoms with van der Waals surface area (Å²) >= 11 is 0. The molecule has 0 atom stereocenters. The Labute approximate surface area is 127 Å². The Bertz CT molecular complexity index is 717. The van der Waals surface area contributed by atoms with Crippen LogP contribution in [0.3, 0.4) is 0 Å². The molecule has 0 aliphatic rings. The van der Waals surface area contributed by atoms with E-state index in [0.717, 1.165) is 24.9 Å². The maximum atomic E-state index is 11.6. The molecule has 0 fully saturated rings. The van der Waals surface area contributed by atoms with Gasteiger partial charge in [0.15, 0.2) is 6.61 Å².